The van der Waals surface area contributed by atoms with Crippen molar-refractivity contribution in [2.75, 3.05) is 11.9 Å². The quantitative estimate of drug-likeness (QED) is 0.589. The largest absolute Gasteiger partial charge is 0.366 e. The van der Waals surface area contributed by atoms with Crippen molar-refractivity contribution in [3.8, 4) is 0 Å². The van der Waals surface area contributed by atoms with Crippen LogP contribution in [0.3, 0.4) is 0 Å². The fourth-order valence-electron chi connectivity index (χ4n) is 4.50. The van der Waals surface area contributed by atoms with E-state index in [1.165, 1.54) is 11.8 Å². The molecule has 0 saturated carbocycles. The number of benzene rings is 1. The number of fused-ring (bicyclic) bond motifs is 1. The molecule has 2 aliphatic rings. The van der Waals surface area contributed by atoms with Crippen LogP contribution in [0, 0.1) is 5.41 Å². The van der Waals surface area contributed by atoms with Gasteiger partial charge in [0.1, 0.15) is 6.20 Å². The Morgan fingerprint density at radius 2 is 2.19 bits per heavy atom. The first-order valence-corrected chi connectivity index (χ1v) is 10.8. The number of nitrogens with one attached hydrogen (secondary N) is 1. The lowest BCUT2D eigenvalue weighted by atomic mass is 9.83. The molecule has 7 heteroatoms. The second-order valence-corrected chi connectivity index (χ2v) is 8.19. The highest BCUT2D eigenvalue weighted by Gasteiger charge is 2.41. The molecule has 1 atom stereocenters. The molecule has 0 radical (unpaired) electrons. The van der Waals surface area contributed by atoms with Crippen LogP contribution in [0.2, 0.25) is 0 Å². The number of aromatic nitrogens is 2. The van der Waals surface area contributed by atoms with Crippen molar-refractivity contribution in [3.63, 3.8) is 0 Å². The number of nitrogens with zero attached hydrogens (tertiary/aromatic N) is 3. The van der Waals surface area contributed by atoms with Gasteiger partial charge in [-0.1, -0.05) is 13.0 Å². The van der Waals surface area contributed by atoms with Gasteiger partial charge >= 0.3 is 0 Å². The summed E-state index contributed by atoms with van der Waals surface area (Å²) in [7, 11) is 1.93. The number of rotatable bonds is 7. The van der Waals surface area contributed by atoms with Crippen LogP contribution in [0.1, 0.15) is 41.9 Å². The molecule has 4 rings (SSSR count). The molecule has 164 valence electrons. The van der Waals surface area contributed by atoms with Gasteiger partial charge in [-0.3, -0.25) is 4.79 Å². The Morgan fingerprint density at radius 3 is 2.88 bits per heavy atom. The molecule has 0 bridgehead atoms. The van der Waals surface area contributed by atoms with E-state index in [1.807, 2.05) is 41.5 Å². The number of amides is 1. The first-order chi connectivity index (χ1) is 15.4. The molecular weight excluding hydrogens is 400 g/mol. The second-order valence-electron chi connectivity index (χ2n) is 8.19. The Kier molecular flexibility index (Phi) is 5.67. The maximum absolute atomic E-state index is 11.7. The fraction of sp³-hybridized carbons (Fsp3) is 0.240. The highest BCUT2D eigenvalue weighted by Crippen LogP contribution is 2.45. The van der Waals surface area contributed by atoms with Gasteiger partial charge in [-0.15, -0.1) is 0 Å². The topological polar surface area (TPSA) is 105 Å². The van der Waals surface area contributed by atoms with E-state index >= 15 is 0 Å². The smallest absolute Gasteiger partial charge is 0.248 e. The lowest BCUT2D eigenvalue weighted by molar-refractivity contribution is -0.555. The minimum absolute atomic E-state index is 0.260. The summed E-state index contributed by atoms with van der Waals surface area (Å²) in [4.78, 5) is 18.5. The predicted octanol–water partition coefficient (Wildman–Crippen LogP) is 2.69. The van der Waals surface area contributed by atoms with E-state index in [9.17, 15) is 4.79 Å². The van der Waals surface area contributed by atoms with Gasteiger partial charge < -0.3 is 25.9 Å². The molecule has 1 aliphatic heterocycles. The van der Waals surface area contributed by atoms with Crippen molar-refractivity contribution in [1.82, 2.24) is 9.55 Å². The van der Waals surface area contributed by atoms with Crippen LogP contribution < -0.4 is 16.0 Å². The number of carbonyl (C=O) groups excluding carboxylic acids is 1. The van der Waals surface area contributed by atoms with E-state index in [-0.39, 0.29) is 5.54 Å². The zero-order chi connectivity index (χ0) is 22.9. The first kappa shape index (κ1) is 21.5. The van der Waals surface area contributed by atoms with Gasteiger partial charge in [-0.05, 0) is 55.7 Å². The van der Waals surface area contributed by atoms with E-state index < -0.39 is 5.91 Å². The van der Waals surface area contributed by atoms with Crippen LogP contribution in [0.5, 0.6) is 0 Å². The molecule has 1 amide bonds. The third-order valence-corrected chi connectivity index (χ3v) is 6.23. The molecule has 0 saturated heterocycles. The molecule has 5 N–H and O–H groups in total. The van der Waals surface area contributed by atoms with Crippen molar-refractivity contribution in [2.45, 2.75) is 32.2 Å². The van der Waals surface area contributed by atoms with Crippen molar-refractivity contribution in [3.05, 3.63) is 83.7 Å². The SMILES string of the molecule is CCc1cc(C(N)=O)ccc1N1C=CC2=C(n3cnc(C(C=N)=C[NH2+]C)c3)C=CCC21C. The maximum atomic E-state index is 11.7. The summed E-state index contributed by atoms with van der Waals surface area (Å²) in [5.74, 6) is -0.409. The van der Waals surface area contributed by atoms with Gasteiger partial charge in [-0.2, -0.15) is 0 Å². The van der Waals surface area contributed by atoms with Gasteiger partial charge in [0.05, 0.1) is 35.9 Å². The number of allylic oxidation sites excluding steroid dienone is 3. The van der Waals surface area contributed by atoms with Crippen LogP contribution in [0.4, 0.5) is 5.69 Å². The van der Waals surface area contributed by atoms with E-state index in [4.69, 9.17) is 11.1 Å². The van der Waals surface area contributed by atoms with E-state index in [0.717, 1.165) is 41.1 Å². The van der Waals surface area contributed by atoms with Crippen LogP contribution in [-0.4, -0.2) is 34.3 Å². The van der Waals surface area contributed by atoms with Crippen LogP contribution >= 0.6 is 0 Å². The number of hydrogen-bond acceptors (Lipinski definition) is 4. The summed E-state index contributed by atoms with van der Waals surface area (Å²) in [6.45, 7) is 4.32. The summed E-state index contributed by atoms with van der Waals surface area (Å²) in [5.41, 5.74) is 11.7. The molecule has 0 spiro atoms. The minimum atomic E-state index is -0.409. The molecule has 1 aromatic heterocycles. The number of quaternary nitrogens is 1. The lowest BCUT2D eigenvalue weighted by Gasteiger charge is -2.40. The van der Waals surface area contributed by atoms with Gasteiger partial charge in [0.2, 0.25) is 5.91 Å². The maximum Gasteiger partial charge on any atom is 0.248 e. The Labute approximate surface area is 188 Å². The number of aryl methyl sites for hydroxylation is 1. The Bertz CT molecular complexity index is 1200. The summed E-state index contributed by atoms with van der Waals surface area (Å²) in [6.07, 6.45) is 17.2. The lowest BCUT2D eigenvalue weighted by Crippen LogP contribution is -2.72. The molecule has 7 nitrogen and oxygen atoms in total. The zero-order valence-corrected chi connectivity index (χ0v) is 18.7. The third kappa shape index (κ3) is 3.50. The van der Waals surface area contributed by atoms with Crippen molar-refractivity contribution >= 4 is 29.1 Å². The molecule has 32 heavy (non-hydrogen) atoms. The van der Waals surface area contributed by atoms with Gasteiger partial charge in [0.25, 0.3) is 0 Å². The molecule has 1 aliphatic carbocycles. The Morgan fingerprint density at radius 1 is 1.38 bits per heavy atom. The number of carbonyl (C=O) groups is 1. The summed E-state index contributed by atoms with van der Waals surface area (Å²) in [5, 5.41) is 9.58. The average Bonchev–Trinajstić information content (AvgIpc) is 3.41. The average molecular weight is 430 g/mol. The van der Waals surface area contributed by atoms with Crippen LogP contribution in [-0.2, 0) is 6.42 Å². The van der Waals surface area contributed by atoms with Gasteiger partial charge in [0, 0.05) is 35.4 Å². The number of primary amides is 1. The van der Waals surface area contributed by atoms with Gasteiger partial charge in [-0.25, -0.2) is 4.98 Å². The number of hydrogen-bond donors (Lipinski definition) is 3. The standard InChI is InChI=1S/C25H28N6O/c1-4-17-12-18(24(27)32)7-8-22(17)31-11-9-20-23(6-5-10-25(20,31)2)30-15-21(29-16-30)19(13-26)14-28-3/h5-9,11-16,26,28H,4,10H2,1-3H3,(H2,27,32)/p+1. The normalized spacial score (nSPS) is 20.1. The Balaban J connectivity index is 1.75. The molecule has 2 heterocycles. The second kappa shape index (κ2) is 8.43. The predicted molar refractivity (Wildman–Crippen MR) is 128 cm³/mol. The van der Waals surface area contributed by atoms with Crippen molar-refractivity contribution in [1.29, 1.82) is 5.41 Å². The Hall–Kier alpha value is -3.71. The summed E-state index contributed by atoms with van der Waals surface area (Å²) < 4.78 is 2.02. The molecule has 2 aromatic rings. The first-order valence-electron chi connectivity index (χ1n) is 10.8. The minimum Gasteiger partial charge on any atom is -0.366 e. The zero-order valence-electron chi connectivity index (χ0n) is 18.7. The molecule has 1 aromatic carbocycles. The van der Waals surface area contributed by atoms with E-state index in [0.29, 0.717) is 5.56 Å². The monoisotopic (exact) mass is 429 g/mol. The third-order valence-electron chi connectivity index (χ3n) is 6.23. The van der Waals surface area contributed by atoms with Crippen molar-refractivity contribution in [2.24, 2.45) is 5.73 Å². The molecule has 1 unspecified atom stereocenters. The number of anilines is 1. The highest BCUT2D eigenvalue weighted by atomic mass is 16.1. The molecule has 0 fully saturated rings. The van der Waals surface area contributed by atoms with Gasteiger partial charge in [0.15, 0.2) is 0 Å². The highest BCUT2D eigenvalue weighted by molar-refractivity contribution is 6.06. The number of imidazole rings is 1. The van der Waals surface area contributed by atoms with Crippen LogP contribution in [0.25, 0.3) is 11.3 Å². The summed E-state index contributed by atoms with van der Waals surface area (Å²) in [6, 6.07) is 5.69. The van der Waals surface area contributed by atoms with Crippen molar-refractivity contribution < 1.29 is 10.1 Å². The fourth-order valence-corrected chi connectivity index (χ4v) is 4.50. The van der Waals surface area contributed by atoms with Crippen LogP contribution in [0.15, 0.2) is 66.9 Å². The van der Waals surface area contributed by atoms with E-state index in [1.54, 1.807) is 12.4 Å². The summed E-state index contributed by atoms with van der Waals surface area (Å²) >= 11 is 0. The van der Waals surface area contributed by atoms with E-state index in [2.05, 4.69) is 48.2 Å². The number of nitrogens with two attached hydrogens (primary N) is 2. The molecular formula is C25H29N6O+.